The molecule has 188 valence electrons. The fourth-order valence-corrected chi connectivity index (χ4v) is 3.75. The van der Waals surface area contributed by atoms with Gasteiger partial charge in [0.15, 0.2) is 17.1 Å². The summed E-state index contributed by atoms with van der Waals surface area (Å²) in [4.78, 5) is 19.8. The highest BCUT2D eigenvalue weighted by Crippen LogP contribution is 2.39. The molecule has 1 heterocycles. The molecule has 8 nitrogen and oxygen atoms in total. The van der Waals surface area contributed by atoms with Gasteiger partial charge in [0.05, 0.1) is 19.8 Å². The molecule has 0 fully saturated rings. The topological polar surface area (TPSA) is 86.1 Å². The quantitative estimate of drug-likeness (QED) is 0.292. The lowest BCUT2D eigenvalue weighted by molar-refractivity contribution is 0.102. The van der Waals surface area contributed by atoms with Crippen LogP contribution in [0.5, 0.6) is 17.2 Å². The maximum Gasteiger partial charge on any atom is 0.255 e. The molecule has 0 aliphatic rings. The Balaban J connectivity index is 1.59. The molecule has 1 amide bonds. The molecule has 1 aromatic heterocycles. The van der Waals surface area contributed by atoms with Gasteiger partial charge in [-0.25, -0.2) is 4.98 Å². The maximum absolute atomic E-state index is 13.1. The molecule has 36 heavy (non-hydrogen) atoms. The number of oxazole rings is 1. The Hall–Kier alpha value is -4.20. The SMILES string of the molecule is CCOc1cc(C(=O)Nc2ccc3oc(-c4ccc(N(C)C)cc4)nc3c2)cc(OCC)c1OCC. The highest BCUT2D eigenvalue weighted by molar-refractivity contribution is 6.05. The summed E-state index contributed by atoms with van der Waals surface area (Å²) in [6, 6.07) is 16.7. The van der Waals surface area contributed by atoms with E-state index in [1.165, 1.54) is 0 Å². The zero-order chi connectivity index (χ0) is 25.7. The van der Waals surface area contributed by atoms with Gasteiger partial charge in [-0.05, 0) is 75.4 Å². The average molecular weight is 490 g/mol. The first-order valence-electron chi connectivity index (χ1n) is 12.0. The Morgan fingerprint density at radius 1 is 0.889 bits per heavy atom. The summed E-state index contributed by atoms with van der Waals surface area (Å²) in [7, 11) is 3.99. The Bertz CT molecular complexity index is 1320. The van der Waals surface area contributed by atoms with Crippen LogP contribution in [0.25, 0.3) is 22.6 Å². The maximum atomic E-state index is 13.1. The highest BCUT2D eigenvalue weighted by Gasteiger charge is 2.19. The van der Waals surface area contributed by atoms with Gasteiger partial charge in [-0.1, -0.05) is 0 Å². The minimum Gasteiger partial charge on any atom is -0.490 e. The van der Waals surface area contributed by atoms with Gasteiger partial charge in [-0.3, -0.25) is 4.79 Å². The van der Waals surface area contributed by atoms with E-state index in [1.807, 2.05) is 64.0 Å². The summed E-state index contributed by atoms with van der Waals surface area (Å²) in [5.74, 6) is 1.64. The van der Waals surface area contributed by atoms with Crippen molar-refractivity contribution in [2.45, 2.75) is 20.8 Å². The molecule has 3 aromatic carbocycles. The number of ether oxygens (including phenoxy) is 3. The van der Waals surface area contributed by atoms with E-state index in [9.17, 15) is 4.79 Å². The van der Waals surface area contributed by atoms with Gasteiger partial charge in [-0.2, -0.15) is 0 Å². The number of aromatic nitrogens is 1. The van der Waals surface area contributed by atoms with Gasteiger partial charge < -0.3 is 28.8 Å². The molecule has 0 aliphatic carbocycles. The van der Waals surface area contributed by atoms with E-state index in [2.05, 4.69) is 10.3 Å². The van der Waals surface area contributed by atoms with Gasteiger partial charge >= 0.3 is 0 Å². The van der Waals surface area contributed by atoms with Crippen LogP contribution in [0.4, 0.5) is 11.4 Å². The van der Waals surface area contributed by atoms with Gasteiger partial charge in [-0.15, -0.1) is 0 Å². The fraction of sp³-hybridized carbons (Fsp3) is 0.286. The van der Waals surface area contributed by atoms with Crippen LogP contribution in [0.15, 0.2) is 59.0 Å². The summed E-state index contributed by atoms with van der Waals surface area (Å²) < 4.78 is 23.1. The zero-order valence-electron chi connectivity index (χ0n) is 21.3. The summed E-state index contributed by atoms with van der Waals surface area (Å²) in [6.07, 6.45) is 0. The number of rotatable bonds is 10. The molecule has 0 bridgehead atoms. The van der Waals surface area contributed by atoms with Gasteiger partial charge in [0, 0.05) is 36.6 Å². The van der Waals surface area contributed by atoms with Crippen molar-refractivity contribution in [1.82, 2.24) is 4.98 Å². The van der Waals surface area contributed by atoms with Gasteiger partial charge in [0.2, 0.25) is 11.6 Å². The van der Waals surface area contributed by atoms with E-state index >= 15 is 0 Å². The van der Waals surface area contributed by atoms with Gasteiger partial charge in [0.25, 0.3) is 5.91 Å². The monoisotopic (exact) mass is 489 g/mol. The summed E-state index contributed by atoms with van der Waals surface area (Å²) >= 11 is 0. The molecule has 0 spiro atoms. The minimum atomic E-state index is -0.303. The standard InChI is InChI=1S/C28H31N3O5/c1-6-33-24-15-19(16-25(34-7-2)26(24)35-8-3)27(32)29-20-11-14-23-22(17-20)30-28(36-23)18-9-12-21(13-10-18)31(4)5/h9-17H,6-8H2,1-5H3,(H,29,32). The van der Waals surface area contributed by atoms with Crippen LogP contribution in [0, 0.1) is 0 Å². The van der Waals surface area contributed by atoms with Crippen LogP contribution < -0.4 is 24.4 Å². The average Bonchev–Trinajstić information content (AvgIpc) is 3.29. The number of nitrogens with one attached hydrogen (secondary N) is 1. The van der Waals surface area contributed by atoms with Gasteiger partial charge in [0.1, 0.15) is 5.52 Å². The van der Waals surface area contributed by atoms with Crippen LogP contribution in [0.3, 0.4) is 0 Å². The summed E-state index contributed by atoms with van der Waals surface area (Å²) in [5.41, 5.74) is 4.25. The van der Waals surface area contributed by atoms with Crippen LogP contribution >= 0.6 is 0 Å². The van der Waals surface area contributed by atoms with E-state index in [0.717, 1.165) is 11.3 Å². The van der Waals surface area contributed by atoms with Crippen molar-refractivity contribution in [2.75, 3.05) is 44.1 Å². The lowest BCUT2D eigenvalue weighted by Gasteiger charge is -2.17. The number of fused-ring (bicyclic) bond motifs is 1. The Kier molecular flexibility index (Phi) is 7.63. The zero-order valence-corrected chi connectivity index (χ0v) is 21.3. The highest BCUT2D eigenvalue weighted by atomic mass is 16.5. The van der Waals surface area contributed by atoms with Crippen molar-refractivity contribution < 1.29 is 23.4 Å². The molecule has 8 heteroatoms. The number of carbonyl (C=O) groups is 1. The van der Waals surface area contributed by atoms with Crippen molar-refractivity contribution >= 4 is 28.4 Å². The normalized spacial score (nSPS) is 10.8. The third kappa shape index (κ3) is 5.38. The van der Waals surface area contributed by atoms with Crippen molar-refractivity contribution in [3.8, 4) is 28.7 Å². The predicted octanol–water partition coefficient (Wildman–Crippen LogP) is 6.01. The molecule has 1 N–H and O–H groups in total. The molecule has 0 unspecified atom stereocenters. The lowest BCUT2D eigenvalue weighted by Crippen LogP contribution is -2.13. The Morgan fingerprint density at radius 3 is 2.11 bits per heavy atom. The van der Waals surface area contributed by atoms with Crippen molar-refractivity contribution in [3.05, 3.63) is 60.2 Å². The first-order chi connectivity index (χ1) is 17.4. The first kappa shape index (κ1) is 24.9. The number of carbonyl (C=O) groups excluding carboxylic acids is 1. The van der Waals surface area contributed by atoms with E-state index in [4.69, 9.17) is 18.6 Å². The van der Waals surface area contributed by atoms with Crippen LogP contribution in [-0.4, -0.2) is 44.8 Å². The van der Waals surface area contributed by atoms with Crippen molar-refractivity contribution in [3.63, 3.8) is 0 Å². The smallest absolute Gasteiger partial charge is 0.255 e. The van der Waals surface area contributed by atoms with Crippen LogP contribution in [-0.2, 0) is 0 Å². The molecule has 0 radical (unpaired) electrons. The Labute approximate surface area is 210 Å². The summed E-state index contributed by atoms with van der Waals surface area (Å²) in [5, 5.41) is 2.93. The molecule has 4 rings (SSSR count). The molecule has 4 aromatic rings. The second kappa shape index (κ2) is 11.0. The second-order valence-electron chi connectivity index (χ2n) is 8.20. The number of benzene rings is 3. The number of hydrogen-bond donors (Lipinski definition) is 1. The lowest BCUT2D eigenvalue weighted by atomic mass is 10.1. The summed E-state index contributed by atoms with van der Waals surface area (Å²) in [6.45, 7) is 6.95. The number of amides is 1. The Morgan fingerprint density at radius 2 is 1.53 bits per heavy atom. The molecule has 0 saturated carbocycles. The third-order valence-electron chi connectivity index (χ3n) is 5.45. The van der Waals surface area contributed by atoms with E-state index in [-0.39, 0.29) is 5.91 Å². The molecule has 0 aliphatic heterocycles. The molecule has 0 atom stereocenters. The number of nitrogens with zero attached hydrogens (tertiary/aromatic N) is 2. The number of anilines is 2. The second-order valence-corrected chi connectivity index (χ2v) is 8.20. The van der Waals surface area contributed by atoms with E-state index in [0.29, 0.717) is 65.3 Å². The van der Waals surface area contributed by atoms with Crippen LogP contribution in [0.2, 0.25) is 0 Å². The van der Waals surface area contributed by atoms with E-state index in [1.54, 1.807) is 30.3 Å². The molecular weight excluding hydrogens is 458 g/mol. The number of hydrogen-bond acceptors (Lipinski definition) is 7. The minimum absolute atomic E-state index is 0.303. The molecular formula is C28H31N3O5. The van der Waals surface area contributed by atoms with E-state index < -0.39 is 0 Å². The van der Waals surface area contributed by atoms with Crippen molar-refractivity contribution in [1.29, 1.82) is 0 Å². The van der Waals surface area contributed by atoms with Crippen LogP contribution in [0.1, 0.15) is 31.1 Å². The first-order valence-corrected chi connectivity index (χ1v) is 12.0. The predicted molar refractivity (Wildman–Crippen MR) is 142 cm³/mol. The fourth-order valence-electron chi connectivity index (χ4n) is 3.75. The molecule has 0 saturated heterocycles. The third-order valence-corrected chi connectivity index (χ3v) is 5.45. The van der Waals surface area contributed by atoms with Crippen molar-refractivity contribution in [2.24, 2.45) is 0 Å². The largest absolute Gasteiger partial charge is 0.490 e.